The highest BCUT2D eigenvalue weighted by Crippen LogP contribution is 2.22. The summed E-state index contributed by atoms with van der Waals surface area (Å²) in [7, 11) is 0. The number of aromatic nitrogens is 2. The summed E-state index contributed by atoms with van der Waals surface area (Å²) in [6.07, 6.45) is 0. The molecule has 6 nitrogen and oxygen atoms in total. The third-order valence-electron chi connectivity index (χ3n) is 5.09. The molecule has 1 aromatic carbocycles. The van der Waals surface area contributed by atoms with Gasteiger partial charge in [0.05, 0.1) is 13.2 Å². The fourth-order valence-corrected chi connectivity index (χ4v) is 3.62. The molecule has 0 aliphatic carbocycles. The number of benzene rings is 1. The van der Waals surface area contributed by atoms with Crippen LogP contribution < -0.4 is 14.7 Å². The molecule has 138 valence electrons. The molecule has 2 aliphatic rings. The molecule has 3 heterocycles. The van der Waals surface area contributed by atoms with Gasteiger partial charge < -0.3 is 19.4 Å². The number of hydrogen-bond acceptors (Lipinski definition) is 6. The van der Waals surface area contributed by atoms with Crippen LogP contribution in [0.1, 0.15) is 11.3 Å². The predicted octanol–water partition coefficient (Wildman–Crippen LogP) is 2.26. The molecule has 26 heavy (non-hydrogen) atoms. The molecule has 4 rings (SSSR count). The first kappa shape index (κ1) is 17.1. The van der Waals surface area contributed by atoms with Gasteiger partial charge in [-0.3, -0.25) is 0 Å². The van der Waals surface area contributed by atoms with Gasteiger partial charge in [-0.1, -0.05) is 12.1 Å². The lowest BCUT2D eigenvalue weighted by Gasteiger charge is -2.37. The molecule has 2 saturated heterocycles. The van der Waals surface area contributed by atoms with Gasteiger partial charge in [0.25, 0.3) is 0 Å². The molecule has 0 N–H and O–H groups in total. The van der Waals surface area contributed by atoms with E-state index >= 15 is 0 Å². The number of hydrogen-bond donors (Lipinski definition) is 0. The third-order valence-corrected chi connectivity index (χ3v) is 5.09. The minimum atomic E-state index is 0.752. The van der Waals surface area contributed by atoms with E-state index in [0.717, 1.165) is 69.9 Å². The zero-order chi connectivity index (χ0) is 17.9. The number of rotatable bonds is 3. The molecule has 0 unspecified atom stereocenters. The highest BCUT2D eigenvalue weighted by Gasteiger charge is 2.21. The Labute approximate surface area is 155 Å². The minimum absolute atomic E-state index is 0.752. The van der Waals surface area contributed by atoms with Gasteiger partial charge in [-0.05, 0) is 31.5 Å². The maximum Gasteiger partial charge on any atom is 0.227 e. The van der Waals surface area contributed by atoms with Crippen LogP contribution in [0.2, 0.25) is 0 Å². The van der Waals surface area contributed by atoms with Crippen molar-refractivity contribution in [1.82, 2.24) is 9.97 Å². The van der Waals surface area contributed by atoms with Crippen molar-refractivity contribution in [2.24, 2.45) is 0 Å². The fourth-order valence-electron chi connectivity index (χ4n) is 3.62. The second kappa shape index (κ2) is 7.50. The Bertz CT molecular complexity index is 752. The van der Waals surface area contributed by atoms with Crippen molar-refractivity contribution in [3.63, 3.8) is 0 Å². The van der Waals surface area contributed by atoms with Crippen LogP contribution in [0, 0.1) is 13.8 Å². The Balaban J connectivity index is 1.46. The zero-order valence-corrected chi connectivity index (χ0v) is 15.7. The summed E-state index contributed by atoms with van der Waals surface area (Å²) >= 11 is 0. The molecule has 0 saturated carbocycles. The molecular formula is C20H27N5O. The standard InChI is InChI=1S/C20H27N5O/c1-16-4-3-5-18(14-16)23-6-8-24(9-7-23)19-15-17(2)21-20(22-19)25-10-12-26-13-11-25/h3-5,14-15H,6-13H2,1-2H3. The lowest BCUT2D eigenvalue weighted by atomic mass is 10.2. The van der Waals surface area contributed by atoms with Crippen molar-refractivity contribution >= 4 is 17.5 Å². The first-order chi connectivity index (χ1) is 12.7. The second-order valence-corrected chi connectivity index (χ2v) is 7.08. The summed E-state index contributed by atoms with van der Waals surface area (Å²) in [5.41, 5.74) is 3.65. The molecule has 0 atom stereocenters. The fraction of sp³-hybridized carbons (Fsp3) is 0.500. The first-order valence-corrected chi connectivity index (χ1v) is 9.44. The van der Waals surface area contributed by atoms with Gasteiger partial charge >= 0.3 is 0 Å². The summed E-state index contributed by atoms with van der Waals surface area (Å²) in [5, 5.41) is 0. The van der Waals surface area contributed by atoms with Crippen LogP contribution in [-0.2, 0) is 4.74 Å². The molecule has 0 radical (unpaired) electrons. The largest absolute Gasteiger partial charge is 0.378 e. The van der Waals surface area contributed by atoms with Gasteiger partial charge in [-0.15, -0.1) is 0 Å². The minimum Gasteiger partial charge on any atom is -0.378 e. The Hall–Kier alpha value is -2.34. The van der Waals surface area contributed by atoms with E-state index in [9.17, 15) is 0 Å². The summed E-state index contributed by atoms with van der Waals surface area (Å²) in [6, 6.07) is 10.9. The molecular weight excluding hydrogens is 326 g/mol. The number of piperazine rings is 1. The average molecular weight is 353 g/mol. The van der Waals surface area contributed by atoms with Crippen LogP contribution in [0.15, 0.2) is 30.3 Å². The topological polar surface area (TPSA) is 44.7 Å². The second-order valence-electron chi connectivity index (χ2n) is 7.08. The first-order valence-electron chi connectivity index (χ1n) is 9.44. The molecule has 0 spiro atoms. The van der Waals surface area contributed by atoms with Gasteiger partial charge in [0.1, 0.15) is 5.82 Å². The van der Waals surface area contributed by atoms with Gasteiger partial charge in [-0.25, -0.2) is 4.98 Å². The summed E-state index contributed by atoms with van der Waals surface area (Å²) in [4.78, 5) is 16.6. The Morgan fingerprint density at radius 3 is 2.27 bits per heavy atom. The van der Waals surface area contributed by atoms with Crippen molar-refractivity contribution < 1.29 is 4.74 Å². The van der Waals surface area contributed by atoms with E-state index in [4.69, 9.17) is 9.72 Å². The van der Waals surface area contributed by atoms with Gasteiger partial charge in [0.2, 0.25) is 5.95 Å². The van der Waals surface area contributed by atoms with Crippen molar-refractivity contribution in [3.05, 3.63) is 41.6 Å². The number of nitrogens with zero attached hydrogens (tertiary/aromatic N) is 5. The molecule has 1 aromatic heterocycles. The van der Waals surface area contributed by atoms with Crippen LogP contribution in [-0.4, -0.2) is 62.5 Å². The van der Waals surface area contributed by atoms with Crippen LogP contribution in [0.3, 0.4) is 0 Å². The van der Waals surface area contributed by atoms with E-state index in [1.165, 1.54) is 11.3 Å². The average Bonchev–Trinajstić information content (AvgIpc) is 2.68. The number of morpholine rings is 1. The molecule has 2 fully saturated rings. The van der Waals surface area contributed by atoms with E-state index in [-0.39, 0.29) is 0 Å². The Morgan fingerprint density at radius 2 is 1.54 bits per heavy atom. The van der Waals surface area contributed by atoms with Gasteiger partial charge in [0, 0.05) is 56.7 Å². The smallest absolute Gasteiger partial charge is 0.227 e. The summed E-state index contributed by atoms with van der Waals surface area (Å²) in [6.45, 7) is 11.4. The van der Waals surface area contributed by atoms with Crippen molar-refractivity contribution in [2.45, 2.75) is 13.8 Å². The molecule has 2 aromatic rings. The number of ether oxygens (including phenoxy) is 1. The van der Waals surface area contributed by atoms with Crippen molar-refractivity contribution in [3.8, 4) is 0 Å². The van der Waals surface area contributed by atoms with E-state index in [1.807, 2.05) is 0 Å². The molecule has 2 aliphatic heterocycles. The van der Waals surface area contributed by atoms with E-state index in [2.05, 4.69) is 63.9 Å². The maximum absolute atomic E-state index is 5.45. The van der Waals surface area contributed by atoms with E-state index in [0.29, 0.717) is 0 Å². The monoisotopic (exact) mass is 353 g/mol. The normalized spacial score (nSPS) is 18.3. The molecule has 0 bridgehead atoms. The lowest BCUT2D eigenvalue weighted by molar-refractivity contribution is 0.122. The van der Waals surface area contributed by atoms with E-state index < -0.39 is 0 Å². The van der Waals surface area contributed by atoms with E-state index in [1.54, 1.807) is 0 Å². The van der Waals surface area contributed by atoms with Crippen LogP contribution >= 0.6 is 0 Å². The lowest BCUT2D eigenvalue weighted by Crippen LogP contribution is -2.47. The third kappa shape index (κ3) is 3.75. The van der Waals surface area contributed by atoms with Crippen molar-refractivity contribution in [1.29, 1.82) is 0 Å². The predicted molar refractivity (Wildman–Crippen MR) is 105 cm³/mol. The summed E-state index contributed by atoms with van der Waals surface area (Å²) in [5.74, 6) is 1.88. The highest BCUT2D eigenvalue weighted by molar-refractivity contribution is 5.52. The molecule has 0 amide bonds. The Morgan fingerprint density at radius 1 is 0.808 bits per heavy atom. The van der Waals surface area contributed by atoms with Gasteiger partial charge in [-0.2, -0.15) is 4.98 Å². The number of aryl methyl sites for hydroxylation is 2. The number of anilines is 3. The quantitative estimate of drug-likeness (QED) is 0.843. The maximum atomic E-state index is 5.45. The zero-order valence-electron chi connectivity index (χ0n) is 15.7. The SMILES string of the molecule is Cc1cccc(N2CCN(c3cc(C)nc(N4CCOCC4)n3)CC2)c1. The van der Waals surface area contributed by atoms with Crippen LogP contribution in [0.5, 0.6) is 0 Å². The van der Waals surface area contributed by atoms with Crippen LogP contribution in [0.4, 0.5) is 17.5 Å². The van der Waals surface area contributed by atoms with Gasteiger partial charge in [0.15, 0.2) is 0 Å². The summed E-state index contributed by atoms with van der Waals surface area (Å²) < 4.78 is 5.45. The molecule has 6 heteroatoms. The highest BCUT2D eigenvalue weighted by atomic mass is 16.5. The van der Waals surface area contributed by atoms with Crippen LogP contribution in [0.25, 0.3) is 0 Å². The van der Waals surface area contributed by atoms with Crippen molar-refractivity contribution in [2.75, 3.05) is 67.2 Å². The Kier molecular flexibility index (Phi) is 4.93.